The summed E-state index contributed by atoms with van der Waals surface area (Å²) >= 11 is 5.38. The predicted molar refractivity (Wildman–Crippen MR) is 64.7 cm³/mol. The summed E-state index contributed by atoms with van der Waals surface area (Å²) in [6, 6.07) is 1.92. The molecule has 2 atom stereocenters. The highest BCUT2D eigenvalue weighted by molar-refractivity contribution is 6.17. The van der Waals surface area contributed by atoms with Crippen LogP contribution in [0.5, 0.6) is 0 Å². The van der Waals surface area contributed by atoms with Crippen LogP contribution in [0.2, 0.25) is 0 Å². The molecule has 0 heterocycles. The van der Waals surface area contributed by atoms with Crippen LogP contribution < -0.4 is 0 Å². The van der Waals surface area contributed by atoms with Crippen LogP contribution in [0.4, 0.5) is 13.2 Å². The fourth-order valence-corrected chi connectivity index (χ4v) is 1.88. The van der Waals surface area contributed by atoms with Gasteiger partial charge in [-0.3, -0.25) is 0 Å². The zero-order valence-electron chi connectivity index (χ0n) is 10.1. The number of carboxylic acids is 1. The van der Waals surface area contributed by atoms with Crippen molar-refractivity contribution in [3.8, 4) is 0 Å². The standard InChI is InChI=1S/C12H12ClF3O4/c13-4-3-9(17)10(18)7-2-1-6(12(14,15)16)5-8(7)11(19)20/h1-2,5,9-10,17-18H,3-4H2,(H,19,20). The van der Waals surface area contributed by atoms with Crippen molar-refractivity contribution in [3.05, 3.63) is 34.9 Å². The smallest absolute Gasteiger partial charge is 0.416 e. The number of aliphatic hydroxyl groups is 2. The van der Waals surface area contributed by atoms with E-state index in [0.717, 1.165) is 6.07 Å². The molecule has 112 valence electrons. The van der Waals surface area contributed by atoms with Crippen LogP contribution in [0.15, 0.2) is 18.2 Å². The molecule has 0 saturated carbocycles. The lowest BCUT2D eigenvalue weighted by Crippen LogP contribution is -2.21. The Bertz CT molecular complexity index is 490. The third-order valence-electron chi connectivity index (χ3n) is 2.70. The number of carboxylic acid groups (broad SMARTS) is 1. The van der Waals surface area contributed by atoms with Crippen LogP contribution in [0.25, 0.3) is 0 Å². The largest absolute Gasteiger partial charge is 0.478 e. The zero-order chi connectivity index (χ0) is 15.5. The van der Waals surface area contributed by atoms with Gasteiger partial charge in [-0.25, -0.2) is 4.79 Å². The molecule has 0 aliphatic carbocycles. The number of hydrogen-bond acceptors (Lipinski definition) is 3. The molecular formula is C12H12ClF3O4. The molecule has 0 bridgehead atoms. The van der Waals surface area contributed by atoms with Crippen molar-refractivity contribution in [2.24, 2.45) is 0 Å². The normalized spacial score (nSPS) is 14.9. The van der Waals surface area contributed by atoms with Crippen LogP contribution in [0.1, 0.15) is 34.0 Å². The van der Waals surface area contributed by atoms with Crippen molar-refractivity contribution < 1.29 is 33.3 Å². The highest BCUT2D eigenvalue weighted by Gasteiger charge is 2.33. The molecule has 0 aliphatic rings. The van der Waals surface area contributed by atoms with Crippen molar-refractivity contribution >= 4 is 17.6 Å². The summed E-state index contributed by atoms with van der Waals surface area (Å²) in [7, 11) is 0. The van der Waals surface area contributed by atoms with E-state index in [1.807, 2.05) is 0 Å². The second kappa shape index (κ2) is 6.43. The third kappa shape index (κ3) is 3.84. The molecule has 0 saturated heterocycles. The summed E-state index contributed by atoms with van der Waals surface area (Å²) < 4.78 is 37.6. The molecule has 0 amide bonds. The average molecular weight is 313 g/mol. The van der Waals surface area contributed by atoms with Gasteiger partial charge in [0, 0.05) is 5.88 Å². The van der Waals surface area contributed by atoms with Gasteiger partial charge in [0.25, 0.3) is 0 Å². The molecule has 1 rings (SSSR count). The minimum Gasteiger partial charge on any atom is -0.478 e. The summed E-state index contributed by atoms with van der Waals surface area (Å²) in [5.41, 5.74) is -2.14. The predicted octanol–water partition coefficient (Wildman–Crippen LogP) is 2.43. The third-order valence-corrected chi connectivity index (χ3v) is 2.92. The number of hydrogen-bond donors (Lipinski definition) is 3. The molecule has 2 unspecified atom stereocenters. The van der Waals surface area contributed by atoms with Crippen LogP contribution >= 0.6 is 11.6 Å². The maximum atomic E-state index is 12.5. The first-order valence-corrected chi connectivity index (χ1v) is 6.08. The van der Waals surface area contributed by atoms with Crippen molar-refractivity contribution in [1.29, 1.82) is 0 Å². The highest BCUT2D eigenvalue weighted by atomic mass is 35.5. The van der Waals surface area contributed by atoms with Gasteiger partial charge in [0.1, 0.15) is 6.10 Å². The monoisotopic (exact) mass is 312 g/mol. The van der Waals surface area contributed by atoms with Gasteiger partial charge in [-0.1, -0.05) is 6.07 Å². The van der Waals surface area contributed by atoms with Gasteiger partial charge in [0.2, 0.25) is 0 Å². The number of rotatable bonds is 5. The van der Waals surface area contributed by atoms with Crippen molar-refractivity contribution in [2.45, 2.75) is 24.8 Å². The SMILES string of the molecule is O=C(O)c1cc(C(F)(F)F)ccc1C(O)C(O)CCCl. The summed E-state index contributed by atoms with van der Waals surface area (Å²) in [4.78, 5) is 11.0. The van der Waals surface area contributed by atoms with E-state index in [-0.39, 0.29) is 17.9 Å². The highest BCUT2D eigenvalue weighted by Crippen LogP contribution is 2.32. The molecule has 4 nitrogen and oxygen atoms in total. The van der Waals surface area contributed by atoms with E-state index in [0.29, 0.717) is 12.1 Å². The van der Waals surface area contributed by atoms with Gasteiger partial charge in [-0.05, 0) is 24.1 Å². The molecule has 1 aromatic carbocycles. The second-order valence-corrected chi connectivity index (χ2v) is 4.47. The fraction of sp³-hybridized carbons (Fsp3) is 0.417. The molecule has 0 aliphatic heterocycles. The van der Waals surface area contributed by atoms with E-state index in [9.17, 15) is 28.2 Å². The Labute approximate surface area is 117 Å². The van der Waals surface area contributed by atoms with E-state index in [2.05, 4.69) is 0 Å². The molecular weight excluding hydrogens is 301 g/mol. The van der Waals surface area contributed by atoms with Crippen molar-refractivity contribution in [2.75, 3.05) is 5.88 Å². The van der Waals surface area contributed by atoms with Crippen LogP contribution in [0.3, 0.4) is 0 Å². The maximum absolute atomic E-state index is 12.5. The molecule has 0 aromatic heterocycles. The second-order valence-electron chi connectivity index (χ2n) is 4.09. The van der Waals surface area contributed by atoms with Crippen LogP contribution in [-0.4, -0.2) is 33.3 Å². The van der Waals surface area contributed by atoms with E-state index in [1.54, 1.807) is 0 Å². The Morgan fingerprint density at radius 1 is 1.30 bits per heavy atom. The van der Waals surface area contributed by atoms with Gasteiger partial charge < -0.3 is 15.3 Å². The van der Waals surface area contributed by atoms with Gasteiger partial charge in [0.15, 0.2) is 0 Å². The summed E-state index contributed by atoms with van der Waals surface area (Å²) in [6.45, 7) is 0. The number of carbonyl (C=O) groups is 1. The summed E-state index contributed by atoms with van der Waals surface area (Å²) in [6.07, 6.45) is -7.70. The Hall–Kier alpha value is -1.31. The van der Waals surface area contributed by atoms with Gasteiger partial charge in [0.05, 0.1) is 17.2 Å². The van der Waals surface area contributed by atoms with E-state index in [1.165, 1.54) is 0 Å². The summed E-state index contributed by atoms with van der Waals surface area (Å²) in [5, 5.41) is 28.3. The summed E-state index contributed by atoms with van der Waals surface area (Å²) in [5.74, 6) is -1.61. The van der Waals surface area contributed by atoms with E-state index >= 15 is 0 Å². The van der Waals surface area contributed by atoms with E-state index in [4.69, 9.17) is 16.7 Å². The Kier molecular flexibility index (Phi) is 5.38. The zero-order valence-corrected chi connectivity index (χ0v) is 10.8. The first-order valence-electron chi connectivity index (χ1n) is 5.55. The lowest BCUT2D eigenvalue weighted by molar-refractivity contribution is -0.137. The molecule has 0 fully saturated rings. The first kappa shape index (κ1) is 16.7. The average Bonchev–Trinajstić information content (AvgIpc) is 2.36. The molecule has 0 radical (unpaired) electrons. The molecule has 3 N–H and O–H groups in total. The Morgan fingerprint density at radius 2 is 1.90 bits per heavy atom. The van der Waals surface area contributed by atoms with Gasteiger partial charge in [-0.2, -0.15) is 13.2 Å². The Balaban J connectivity index is 3.24. The minimum absolute atomic E-state index is 0.0151. The quantitative estimate of drug-likeness (QED) is 0.730. The van der Waals surface area contributed by atoms with Crippen LogP contribution in [-0.2, 0) is 6.18 Å². The Morgan fingerprint density at radius 3 is 2.35 bits per heavy atom. The topological polar surface area (TPSA) is 77.8 Å². The minimum atomic E-state index is -4.69. The first-order chi connectivity index (χ1) is 9.18. The lowest BCUT2D eigenvalue weighted by atomic mass is 9.95. The number of alkyl halides is 4. The molecule has 0 spiro atoms. The maximum Gasteiger partial charge on any atom is 0.416 e. The fourth-order valence-electron chi connectivity index (χ4n) is 1.65. The van der Waals surface area contributed by atoms with Crippen molar-refractivity contribution in [1.82, 2.24) is 0 Å². The van der Waals surface area contributed by atoms with Crippen molar-refractivity contribution in [3.63, 3.8) is 0 Å². The van der Waals surface area contributed by atoms with Crippen LogP contribution in [0, 0.1) is 0 Å². The molecule has 8 heteroatoms. The lowest BCUT2D eigenvalue weighted by Gasteiger charge is -2.20. The number of aromatic carboxylic acids is 1. The molecule has 20 heavy (non-hydrogen) atoms. The number of aliphatic hydroxyl groups excluding tert-OH is 2. The molecule has 1 aromatic rings. The number of benzene rings is 1. The van der Waals surface area contributed by atoms with Gasteiger partial charge >= 0.3 is 12.1 Å². The van der Waals surface area contributed by atoms with E-state index < -0.39 is 35.5 Å². The number of halogens is 4. The van der Waals surface area contributed by atoms with Gasteiger partial charge in [-0.15, -0.1) is 11.6 Å².